The lowest BCUT2D eigenvalue weighted by atomic mass is 10.1. The average Bonchev–Trinajstić information content (AvgIpc) is 2.55. The highest BCUT2D eigenvalue weighted by Crippen LogP contribution is 2.26. The molecule has 0 radical (unpaired) electrons. The van der Waals surface area contributed by atoms with Gasteiger partial charge in [0.15, 0.2) is 17.4 Å². The van der Waals surface area contributed by atoms with Crippen molar-refractivity contribution < 1.29 is 9.53 Å². The van der Waals surface area contributed by atoms with Crippen molar-refractivity contribution in [1.82, 2.24) is 9.97 Å². The zero-order chi connectivity index (χ0) is 16.7. The number of ketones is 1. The van der Waals surface area contributed by atoms with E-state index in [0.29, 0.717) is 36.0 Å². The van der Waals surface area contributed by atoms with E-state index in [1.807, 2.05) is 6.07 Å². The molecule has 7 heteroatoms. The Labute approximate surface area is 135 Å². The van der Waals surface area contributed by atoms with Gasteiger partial charge in [0.25, 0.3) is 0 Å². The topological polar surface area (TPSA) is 102 Å². The quantitative estimate of drug-likeness (QED) is 0.508. The van der Waals surface area contributed by atoms with Crippen LogP contribution in [0.15, 0.2) is 30.6 Å². The molecule has 1 heterocycles. The number of aromatic nitrogens is 2. The van der Waals surface area contributed by atoms with Crippen molar-refractivity contribution in [1.29, 1.82) is 0 Å². The molecule has 4 N–H and O–H groups in total. The second-order valence-electron chi connectivity index (χ2n) is 5.02. The molecule has 2 aromatic rings. The summed E-state index contributed by atoms with van der Waals surface area (Å²) in [5.74, 6) is 1.07. The molecule has 122 valence electrons. The fraction of sp³-hybridized carbons (Fsp3) is 0.312. The molecule has 2 rings (SSSR count). The predicted molar refractivity (Wildman–Crippen MR) is 91.2 cm³/mol. The number of nitrogen functional groups attached to an aromatic ring is 1. The SMILES string of the molecule is COCCCNc1ncnc(Nc2cccc(C(C)=O)c2)c1N. The standard InChI is InChI=1S/C16H21N5O2/c1-11(22)12-5-3-6-13(9-12)21-16-14(17)15(19-10-20-16)18-7-4-8-23-2/h3,5-6,9-10H,4,7-8,17H2,1-2H3,(H2,18,19,20,21). The minimum absolute atomic E-state index is 0.00445. The van der Waals surface area contributed by atoms with Gasteiger partial charge in [-0.2, -0.15) is 0 Å². The Hall–Kier alpha value is -2.67. The van der Waals surface area contributed by atoms with Crippen LogP contribution in [0, 0.1) is 0 Å². The summed E-state index contributed by atoms with van der Waals surface area (Å²) in [6, 6.07) is 7.18. The summed E-state index contributed by atoms with van der Waals surface area (Å²) in [5.41, 5.74) is 7.89. The summed E-state index contributed by atoms with van der Waals surface area (Å²) in [4.78, 5) is 19.7. The number of methoxy groups -OCH3 is 1. The fourth-order valence-electron chi connectivity index (χ4n) is 2.01. The van der Waals surface area contributed by atoms with E-state index in [4.69, 9.17) is 10.5 Å². The van der Waals surface area contributed by atoms with Gasteiger partial charge in [-0.3, -0.25) is 4.79 Å². The number of hydrogen-bond acceptors (Lipinski definition) is 7. The molecule has 1 aromatic carbocycles. The summed E-state index contributed by atoms with van der Waals surface area (Å²) >= 11 is 0. The van der Waals surface area contributed by atoms with Crippen molar-refractivity contribution in [3.05, 3.63) is 36.2 Å². The molecule has 0 atom stereocenters. The molecule has 1 aromatic heterocycles. The van der Waals surface area contributed by atoms with Crippen molar-refractivity contribution in [2.75, 3.05) is 36.6 Å². The Kier molecular flexibility index (Phi) is 5.87. The molecule has 0 bridgehead atoms. The maximum atomic E-state index is 11.4. The Morgan fingerprint density at radius 3 is 2.83 bits per heavy atom. The van der Waals surface area contributed by atoms with Gasteiger partial charge in [-0.1, -0.05) is 12.1 Å². The molecule has 0 unspecified atom stereocenters. The van der Waals surface area contributed by atoms with Crippen molar-refractivity contribution in [2.45, 2.75) is 13.3 Å². The number of Topliss-reactive ketones (excluding diaryl/α,β-unsaturated/α-hetero) is 1. The monoisotopic (exact) mass is 315 g/mol. The molecule has 0 aliphatic heterocycles. The number of carbonyl (C=O) groups excluding carboxylic acids is 1. The normalized spacial score (nSPS) is 10.3. The molecule has 23 heavy (non-hydrogen) atoms. The van der Waals surface area contributed by atoms with Crippen LogP contribution in [0.4, 0.5) is 23.0 Å². The van der Waals surface area contributed by atoms with Crippen molar-refractivity contribution in [2.24, 2.45) is 0 Å². The molecule has 0 spiro atoms. The first-order chi connectivity index (χ1) is 11.1. The van der Waals surface area contributed by atoms with Crippen LogP contribution in [0.2, 0.25) is 0 Å². The van der Waals surface area contributed by atoms with Gasteiger partial charge in [-0.05, 0) is 25.5 Å². The third-order valence-corrected chi connectivity index (χ3v) is 3.23. The molecule has 0 aliphatic rings. The van der Waals surface area contributed by atoms with E-state index in [1.54, 1.807) is 25.3 Å². The van der Waals surface area contributed by atoms with Crippen molar-refractivity contribution >= 4 is 28.8 Å². The van der Waals surface area contributed by atoms with Crippen LogP contribution in [-0.4, -0.2) is 36.0 Å². The molecule has 0 aliphatic carbocycles. The highest BCUT2D eigenvalue weighted by Gasteiger charge is 2.09. The van der Waals surface area contributed by atoms with Crippen LogP contribution in [0.3, 0.4) is 0 Å². The molecule has 0 fully saturated rings. The molecular weight excluding hydrogens is 294 g/mol. The summed E-state index contributed by atoms with van der Waals surface area (Å²) in [7, 11) is 1.66. The Balaban J connectivity index is 2.11. The van der Waals surface area contributed by atoms with E-state index in [-0.39, 0.29) is 5.78 Å². The average molecular weight is 315 g/mol. The number of carbonyl (C=O) groups is 1. The van der Waals surface area contributed by atoms with Gasteiger partial charge in [0.05, 0.1) is 0 Å². The lowest BCUT2D eigenvalue weighted by Gasteiger charge is -2.12. The number of benzene rings is 1. The number of nitrogens with two attached hydrogens (primary N) is 1. The number of rotatable bonds is 8. The van der Waals surface area contributed by atoms with Crippen molar-refractivity contribution in [3.8, 4) is 0 Å². The third kappa shape index (κ3) is 4.65. The number of anilines is 4. The number of hydrogen-bond donors (Lipinski definition) is 3. The van der Waals surface area contributed by atoms with Gasteiger partial charge in [0, 0.05) is 31.5 Å². The lowest BCUT2D eigenvalue weighted by Crippen LogP contribution is -2.10. The minimum Gasteiger partial charge on any atom is -0.393 e. The van der Waals surface area contributed by atoms with Crippen LogP contribution in [0.5, 0.6) is 0 Å². The van der Waals surface area contributed by atoms with Gasteiger partial charge >= 0.3 is 0 Å². The maximum absolute atomic E-state index is 11.4. The predicted octanol–water partition coefficient (Wildman–Crippen LogP) is 2.45. The zero-order valence-corrected chi connectivity index (χ0v) is 13.3. The van der Waals surface area contributed by atoms with Crippen LogP contribution in [0.1, 0.15) is 23.7 Å². The summed E-state index contributed by atoms with van der Waals surface area (Å²) in [5, 5.41) is 6.27. The van der Waals surface area contributed by atoms with Gasteiger partial charge in [0.2, 0.25) is 0 Å². The van der Waals surface area contributed by atoms with E-state index >= 15 is 0 Å². The van der Waals surface area contributed by atoms with E-state index in [9.17, 15) is 4.79 Å². The van der Waals surface area contributed by atoms with Crippen LogP contribution >= 0.6 is 0 Å². The van der Waals surface area contributed by atoms with Gasteiger partial charge in [0.1, 0.15) is 12.0 Å². The summed E-state index contributed by atoms with van der Waals surface area (Å²) in [6.45, 7) is 2.90. The number of ether oxygens (including phenoxy) is 1. The van der Waals surface area contributed by atoms with Crippen LogP contribution in [0.25, 0.3) is 0 Å². The fourth-order valence-corrected chi connectivity index (χ4v) is 2.01. The second kappa shape index (κ2) is 8.09. The van der Waals surface area contributed by atoms with Crippen LogP contribution < -0.4 is 16.4 Å². The Morgan fingerprint density at radius 1 is 1.30 bits per heavy atom. The largest absolute Gasteiger partial charge is 0.393 e. The first-order valence-corrected chi connectivity index (χ1v) is 7.33. The first-order valence-electron chi connectivity index (χ1n) is 7.33. The lowest BCUT2D eigenvalue weighted by molar-refractivity contribution is 0.101. The molecule has 0 saturated heterocycles. The van der Waals surface area contributed by atoms with Gasteiger partial charge in [-0.15, -0.1) is 0 Å². The molecular formula is C16H21N5O2. The highest BCUT2D eigenvalue weighted by molar-refractivity contribution is 5.95. The van der Waals surface area contributed by atoms with E-state index < -0.39 is 0 Å². The van der Waals surface area contributed by atoms with Crippen molar-refractivity contribution in [3.63, 3.8) is 0 Å². The Bertz CT molecular complexity index is 675. The maximum Gasteiger partial charge on any atom is 0.159 e. The third-order valence-electron chi connectivity index (χ3n) is 3.23. The van der Waals surface area contributed by atoms with E-state index in [1.165, 1.54) is 13.3 Å². The molecule has 7 nitrogen and oxygen atoms in total. The highest BCUT2D eigenvalue weighted by atomic mass is 16.5. The zero-order valence-electron chi connectivity index (χ0n) is 13.3. The number of nitrogens with one attached hydrogen (secondary N) is 2. The van der Waals surface area contributed by atoms with Gasteiger partial charge < -0.3 is 21.1 Å². The van der Waals surface area contributed by atoms with Crippen LogP contribution in [-0.2, 0) is 4.74 Å². The summed E-state index contributed by atoms with van der Waals surface area (Å²) in [6.07, 6.45) is 2.29. The van der Waals surface area contributed by atoms with E-state index in [2.05, 4.69) is 20.6 Å². The number of nitrogens with zero attached hydrogens (tertiary/aromatic N) is 2. The molecule has 0 amide bonds. The minimum atomic E-state index is 0.00445. The smallest absolute Gasteiger partial charge is 0.159 e. The Morgan fingerprint density at radius 2 is 2.09 bits per heavy atom. The van der Waals surface area contributed by atoms with Gasteiger partial charge in [-0.25, -0.2) is 9.97 Å². The second-order valence-corrected chi connectivity index (χ2v) is 5.02. The molecule has 0 saturated carbocycles. The summed E-state index contributed by atoms with van der Waals surface area (Å²) < 4.78 is 5.00. The first kappa shape index (κ1) is 16.7. The van der Waals surface area contributed by atoms with E-state index in [0.717, 1.165) is 12.1 Å².